The number of aryl methyl sites for hydroxylation is 1. The molecule has 0 fully saturated rings. The molecule has 0 saturated carbocycles. The lowest BCUT2D eigenvalue weighted by molar-refractivity contribution is 0.511. The fourth-order valence-electron chi connectivity index (χ4n) is 1.55. The molecular formula is C12H16N4O. The number of benzene rings is 1. The predicted octanol–water partition coefficient (Wildman–Crippen LogP) is 2.22. The van der Waals surface area contributed by atoms with Gasteiger partial charge in [-0.3, -0.25) is 0 Å². The van der Waals surface area contributed by atoms with Gasteiger partial charge in [-0.25, -0.2) is 0 Å². The molecule has 0 amide bonds. The minimum absolute atomic E-state index is 0.254. The molecule has 0 unspecified atom stereocenters. The number of aromatic nitrogens is 2. The summed E-state index contributed by atoms with van der Waals surface area (Å²) >= 11 is 0. The van der Waals surface area contributed by atoms with E-state index in [1.165, 1.54) is 5.56 Å². The predicted molar refractivity (Wildman–Crippen MR) is 65.9 cm³/mol. The number of nitrogens with two attached hydrogens (primary N) is 1. The Morgan fingerprint density at radius 3 is 2.59 bits per heavy atom. The lowest BCUT2D eigenvalue weighted by atomic mass is 10.1. The first-order valence-corrected chi connectivity index (χ1v) is 5.70. The number of hydrogen-bond acceptors (Lipinski definition) is 5. The van der Waals surface area contributed by atoms with E-state index < -0.39 is 0 Å². The second kappa shape index (κ2) is 5.45. The second-order valence-electron chi connectivity index (χ2n) is 3.78. The summed E-state index contributed by atoms with van der Waals surface area (Å²) < 4.78 is 5.26. The number of rotatable bonds is 5. The normalized spacial score (nSPS) is 10.5. The van der Waals surface area contributed by atoms with Crippen molar-refractivity contribution in [2.24, 2.45) is 5.73 Å². The molecule has 2 rings (SSSR count). The summed E-state index contributed by atoms with van der Waals surface area (Å²) in [5.74, 6) is 0.426. The highest BCUT2D eigenvalue weighted by atomic mass is 16.4. The van der Waals surface area contributed by atoms with E-state index in [9.17, 15) is 0 Å². The highest BCUT2D eigenvalue weighted by Gasteiger charge is 2.04. The van der Waals surface area contributed by atoms with Crippen LogP contribution in [0.2, 0.25) is 0 Å². The third-order valence-electron chi connectivity index (χ3n) is 2.39. The van der Waals surface area contributed by atoms with Gasteiger partial charge in [0.25, 0.3) is 0 Å². The molecular weight excluding hydrogens is 216 g/mol. The van der Waals surface area contributed by atoms with Crippen molar-refractivity contribution in [3.05, 3.63) is 35.7 Å². The van der Waals surface area contributed by atoms with Crippen molar-refractivity contribution < 1.29 is 4.42 Å². The van der Waals surface area contributed by atoms with Gasteiger partial charge in [0.2, 0.25) is 5.89 Å². The van der Waals surface area contributed by atoms with Crippen molar-refractivity contribution in [2.75, 3.05) is 5.32 Å². The zero-order chi connectivity index (χ0) is 12.1. The van der Waals surface area contributed by atoms with Crippen molar-refractivity contribution in [2.45, 2.75) is 26.3 Å². The minimum atomic E-state index is 0.254. The molecule has 0 bridgehead atoms. The van der Waals surface area contributed by atoms with E-state index in [4.69, 9.17) is 10.2 Å². The lowest BCUT2D eigenvalue weighted by Crippen LogP contribution is -1.95. The molecule has 0 spiro atoms. The average molecular weight is 232 g/mol. The van der Waals surface area contributed by atoms with Crippen LogP contribution in [0.25, 0.3) is 0 Å². The Bertz CT molecular complexity index is 464. The molecule has 90 valence electrons. The van der Waals surface area contributed by atoms with Gasteiger partial charge in [-0.2, -0.15) is 0 Å². The maximum absolute atomic E-state index is 5.39. The van der Waals surface area contributed by atoms with Crippen LogP contribution >= 0.6 is 0 Å². The number of hydrogen-bond donors (Lipinski definition) is 2. The standard InChI is InChI=1S/C12H16N4O/c1-2-3-9-4-6-10(7-5-9)14-12-16-15-11(8-13)17-12/h4-7H,2-3,8,13H2,1H3,(H,14,16). The zero-order valence-corrected chi connectivity index (χ0v) is 9.81. The van der Waals surface area contributed by atoms with Crippen LogP contribution in [0.3, 0.4) is 0 Å². The molecule has 5 heteroatoms. The molecule has 17 heavy (non-hydrogen) atoms. The monoisotopic (exact) mass is 232 g/mol. The summed E-state index contributed by atoms with van der Waals surface area (Å²) in [6.45, 7) is 2.42. The van der Waals surface area contributed by atoms with Gasteiger partial charge in [-0.05, 0) is 24.1 Å². The maximum atomic E-state index is 5.39. The van der Waals surface area contributed by atoms with Gasteiger partial charge in [0.15, 0.2) is 0 Å². The molecule has 5 nitrogen and oxygen atoms in total. The molecule has 3 N–H and O–H groups in total. The summed E-state index contributed by atoms with van der Waals surface area (Å²) in [5.41, 5.74) is 7.64. The van der Waals surface area contributed by atoms with Gasteiger partial charge in [0.05, 0.1) is 6.54 Å². The Labute approximate surface area is 100 Å². The number of nitrogens with one attached hydrogen (secondary N) is 1. The molecule has 0 atom stereocenters. The Morgan fingerprint density at radius 1 is 1.24 bits per heavy atom. The van der Waals surface area contributed by atoms with E-state index in [1.54, 1.807) is 0 Å². The van der Waals surface area contributed by atoms with Crippen molar-refractivity contribution in [1.82, 2.24) is 10.2 Å². The van der Waals surface area contributed by atoms with Crippen LogP contribution in [0.1, 0.15) is 24.8 Å². The number of anilines is 2. The zero-order valence-electron chi connectivity index (χ0n) is 9.81. The summed E-state index contributed by atoms with van der Waals surface area (Å²) in [4.78, 5) is 0. The molecule has 0 saturated heterocycles. The first kappa shape index (κ1) is 11.6. The van der Waals surface area contributed by atoms with Gasteiger partial charge >= 0.3 is 6.01 Å². The Hall–Kier alpha value is -1.88. The number of nitrogens with zero attached hydrogens (tertiary/aromatic N) is 2. The van der Waals surface area contributed by atoms with Gasteiger partial charge in [-0.1, -0.05) is 30.6 Å². The molecule has 1 aromatic heterocycles. The van der Waals surface area contributed by atoms with Crippen molar-refractivity contribution in [1.29, 1.82) is 0 Å². The van der Waals surface area contributed by atoms with Gasteiger partial charge in [-0.15, -0.1) is 5.10 Å². The Kier molecular flexibility index (Phi) is 3.72. The smallest absolute Gasteiger partial charge is 0.320 e. The van der Waals surface area contributed by atoms with Crippen molar-refractivity contribution in [3.8, 4) is 0 Å². The maximum Gasteiger partial charge on any atom is 0.320 e. The molecule has 0 aliphatic carbocycles. The van der Waals surface area contributed by atoms with Gasteiger partial charge in [0, 0.05) is 5.69 Å². The van der Waals surface area contributed by atoms with Crippen LogP contribution in [0.4, 0.5) is 11.7 Å². The van der Waals surface area contributed by atoms with E-state index in [0.717, 1.165) is 18.5 Å². The molecule has 1 aromatic carbocycles. The summed E-state index contributed by atoms with van der Waals surface area (Å²) in [7, 11) is 0. The third-order valence-corrected chi connectivity index (χ3v) is 2.39. The quantitative estimate of drug-likeness (QED) is 0.826. The summed E-state index contributed by atoms with van der Waals surface area (Å²) in [6.07, 6.45) is 2.24. The van der Waals surface area contributed by atoms with Crippen LogP contribution in [-0.2, 0) is 13.0 Å². The summed E-state index contributed by atoms with van der Waals surface area (Å²) in [6, 6.07) is 8.54. The largest absolute Gasteiger partial charge is 0.406 e. The highest BCUT2D eigenvalue weighted by Crippen LogP contribution is 2.16. The van der Waals surface area contributed by atoms with Crippen LogP contribution in [0.5, 0.6) is 0 Å². The van der Waals surface area contributed by atoms with Gasteiger partial charge < -0.3 is 15.5 Å². The SMILES string of the molecule is CCCc1ccc(Nc2nnc(CN)o2)cc1. The Morgan fingerprint density at radius 2 is 2.00 bits per heavy atom. The second-order valence-corrected chi connectivity index (χ2v) is 3.78. The Balaban J connectivity index is 2.03. The van der Waals surface area contributed by atoms with Crippen LogP contribution < -0.4 is 11.1 Å². The van der Waals surface area contributed by atoms with Crippen molar-refractivity contribution in [3.63, 3.8) is 0 Å². The molecule has 0 aliphatic heterocycles. The first-order chi connectivity index (χ1) is 8.31. The fourth-order valence-corrected chi connectivity index (χ4v) is 1.55. The molecule has 2 aromatic rings. The molecule has 0 radical (unpaired) electrons. The van der Waals surface area contributed by atoms with Crippen LogP contribution in [-0.4, -0.2) is 10.2 Å². The first-order valence-electron chi connectivity index (χ1n) is 5.70. The molecule has 1 heterocycles. The van der Waals surface area contributed by atoms with Gasteiger partial charge in [0.1, 0.15) is 0 Å². The van der Waals surface area contributed by atoms with E-state index in [-0.39, 0.29) is 6.54 Å². The minimum Gasteiger partial charge on any atom is -0.406 e. The van der Waals surface area contributed by atoms with E-state index in [0.29, 0.717) is 11.9 Å². The topological polar surface area (TPSA) is 77.0 Å². The molecule has 0 aliphatic rings. The van der Waals surface area contributed by atoms with Crippen molar-refractivity contribution >= 4 is 11.7 Å². The van der Waals surface area contributed by atoms with E-state index in [1.807, 2.05) is 12.1 Å². The highest BCUT2D eigenvalue weighted by molar-refractivity contribution is 5.52. The van der Waals surface area contributed by atoms with Crippen LogP contribution in [0.15, 0.2) is 28.7 Å². The fraction of sp³-hybridized carbons (Fsp3) is 0.333. The average Bonchev–Trinajstić information content (AvgIpc) is 2.80. The summed E-state index contributed by atoms with van der Waals surface area (Å²) in [5, 5.41) is 10.6. The van der Waals surface area contributed by atoms with E-state index in [2.05, 4.69) is 34.6 Å². The third kappa shape index (κ3) is 3.04. The lowest BCUT2D eigenvalue weighted by Gasteiger charge is -2.02. The van der Waals surface area contributed by atoms with Crippen LogP contribution in [0, 0.1) is 0 Å². The van der Waals surface area contributed by atoms with E-state index >= 15 is 0 Å².